The minimum atomic E-state index is -0.858. The second kappa shape index (κ2) is 6.98. The van der Waals surface area contributed by atoms with E-state index >= 15 is 0 Å². The molecule has 0 aliphatic rings. The summed E-state index contributed by atoms with van der Waals surface area (Å²) < 4.78 is 0. The predicted molar refractivity (Wildman–Crippen MR) is 76.6 cm³/mol. The lowest BCUT2D eigenvalue weighted by molar-refractivity contribution is -0.393. The highest BCUT2D eigenvalue weighted by Crippen LogP contribution is 2.34. The molecule has 1 rings (SSSR count). The highest BCUT2D eigenvalue weighted by Gasteiger charge is 2.27. The molecule has 0 heterocycles. The van der Waals surface area contributed by atoms with E-state index in [0.717, 1.165) is 12.1 Å². The summed E-state index contributed by atoms with van der Waals surface area (Å²) in [6.45, 7) is 3.75. The van der Waals surface area contributed by atoms with Gasteiger partial charge in [-0.15, -0.1) is 0 Å². The van der Waals surface area contributed by atoms with E-state index in [1.165, 1.54) is 0 Å². The van der Waals surface area contributed by atoms with Crippen molar-refractivity contribution in [2.24, 2.45) is 0 Å². The Morgan fingerprint density at radius 1 is 1.19 bits per heavy atom. The molecule has 114 valence electrons. The van der Waals surface area contributed by atoms with Gasteiger partial charge in [0.25, 0.3) is 17.3 Å². The summed E-state index contributed by atoms with van der Waals surface area (Å²) in [5.74, 6) is -0.605. The number of hydrogen-bond acceptors (Lipinski definition) is 5. The highest BCUT2D eigenvalue weighted by molar-refractivity contribution is 6.35. The van der Waals surface area contributed by atoms with Crippen molar-refractivity contribution in [1.82, 2.24) is 5.32 Å². The SMILES string of the molecule is CCC(CC)NC(=O)c1cc([N+](=O)[O-])c(Cl)c([N+](=O)[O-])c1. The van der Waals surface area contributed by atoms with Crippen molar-refractivity contribution in [3.05, 3.63) is 42.9 Å². The monoisotopic (exact) mass is 315 g/mol. The van der Waals surface area contributed by atoms with Crippen LogP contribution in [0.5, 0.6) is 0 Å². The molecule has 0 fully saturated rings. The van der Waals surface area contributed by atoms with Gasteiger partial charge in [0.2, 0.25) is 0 Å². The zero-order valence-corrected chi connectivity index (χ0v) is 12.2. The zero-order chi connectivity index (χ0) is 16.2. The first-order chi connectivity index (χ1) is 9.81. The van der Waals surface area contributed by atoms with Gasteiger partial charge in [0, 0.05) is 18.2 Å². The molecule has 0 aliphatic carbocycles. The quantitative estimate of drug-likeness (QED) is 0.639. The third kappa shape index (κ3) is 3.88. The van der Waals surface area contributed by atoms with Gasteiger partial charge in [-0.3, -0.25) is 25.0 Å². The molecule has 0 radical (unpaired) electrons. The van der Waals surface area contributed by atoms with Crippen LogP contribution in [-0.2, 0) is 0 Å². The van der Waals surface area contributed by atoms with Crippen molar-refractivity contribution in [1.29, 1.82) is 0 Å². The molecule has 0 spiro atoms. The van der Waals surface area contributed by atoms with Gasteiger partial charge in [0.05, 0.1) is 15.4 Å². The van der Waals surface area contributed by atoms with Crippen molar-refractivity contribution >= 4 is 28.9 Å². The third-order valence-corrected chi connectivity index (χ3v) is 3.40. The van der Waals surface area contributed by atoms with Crippen LogP contribution in [0, 0.1) is 20.2 Å². The topological polar surface area (TPSA) is 115 Å². The normalized spacial score (nSPS) is 10.5. The molecule has 1 N–H and O–H groups in total. The number of amides is 1. The van der Waals surface area contributed by atoms with Gasteiger partial charge in [0.15, 0.2) is 5.02 Å². The lowest BCUT2D eigenvalue weighted by Crippen LogP contribution is -2.33. The predicted octanol–water partition coefficient (Wildman–Crippen LogP) is 3.07. The summed E-state index contributed by atoms with van der Waals surface area (Å²) in [6.07, 6.45) is 1.36. The average Bonchev–Trinajstić information content (AvgIpc) is 2.43. The van der Waals surface area contributed by atoms with E-state index in [2.05, 4.69) is 5.32 Å². The van der Waals surface area contributed by atoms with Crippen LogP contribution in [0.1, 0.15) is 37.0 Å². The van der Waals surface area contributed by atoms with Gasteiger partial charge in [-0.1, -0.05) is 25.4 Å². The maximum atomic E-state index is 12.0. The number of nitro benzene ring substituents is 2. The number of hydrogen-bond donors (Lipinski definition) is 1. The summed E-state index contributed by atoms with van der Waals surface area (Å²) >= 11 is 5.62. The minimum Gasteiger partial charge on any atom is -0.349 e. The van der Waals surface area contributed by atoms with Crippen molar-refractivity contribution < 1.29 is 14.6 Å². The van der Waals surface area contributed by atoms with E-state index in [0.29, 0.717) is 12.8 Å². The second-order valence-corrected chi connectivity index (χ2v) is 4.71. The van der Waals surface area contributed by atoms with Gasteiger partial charge in [0.1, 0.15) is 0 Å². The molecular weight excluding hydrogens is 302 g/mol. The first-order valence-electron chi connectivity index (χ1n) is 6.24. The largest absolute Gasteiger partial charge is 0.349 e. The van der Waals surface area contributed by atoms with E-state index in [4.69, 9.17) is 11.6 Å². The third-order valence-electron chi connectivity index (χ3n) is 3.01. The van der Waals surface area contributed by atoms with E-state index in [1.54, 1.807) is 0 Å². The molecule has 8 nitrogen and oxygen atoms in total. The number of halogens is 1. The Kier molecular flexibility index (Phi) is 5.60. The standard InChI is InChI=1S/C12H14ClN3O5/c1-3-8(4-2)14-12(17)7-5-9(15(18)19)11(13)10(6-7)16(20)21/h5-6,8H,3-4H2,1-2H3,(H,14,17). The summed E-state index contributed by atoms with van der Waals surface area (Å²) in [5, 5.41) is 23.8. The Labute approximate surface area is 125 Å². The number of nitrogens with zero attached hydrogens (tertiary/aromatic N) is 2. The van der Waals surface area contributed by atoms with Crippen molar-refractivity contribution in [3.63, 3.8) is 0 Å². The molecule has 21 heavy (non-hydrogen) atoms. The van der Waals surface area contributed by atoms with Crippen molar-refractivity contribution in [3.8, 4) is 0 Å². The molecule has 0 atom stereocenters. The van der Waals surface area contributed by atoms with Crippen LogP contribution in [-0.4, -0.2) is 21.8 Å². The van der Waals surface area contributed by atoms with Gasteiger partial charge >= 0.3 is 0 Å². The van der Waals surface area contributed by atoms with E-state index in [-0.39, 0.29) is 11.6 Å². The number of nitrogens with one attached hydrogen (secondary N) is 1. The fourth-order valence-electron chi connectivity index (χ4n) is 1.75. The summed E-state index contributed by atoms with van der Waals surface area (Å²) in [4.78, 5) is 32.1. The maximum absolute atomic E-state index is 12.0. The first kappa shape index (κ1) is 16.8. The molecule has 0 saturated heterocycles. The van der Waals surface area contributed by atoms with Crippen LogP contribution in [0.15, 0.2) is 12.1 Å². The fourth-order valence-corrected chi connectivity index (χ4v) is 2.00. The fraction of sp³-hybridized carbons (Fsp3) is 0.417. The van der Waals surface area contributed by atoms with E-state index < -0.39 is 32.2 Å². The average molecular weight is 316 g/mol. The lowest BCUT2D eigenvalue weighted by Gasteiger charge is -2.14. The molecule has 0 aliphatic heterocycles. The number of rotatable bonds is 6. The van der Waals surface area contributed by atoms with Crippen LogP contribution >= 0.6 is 11.6 Å². The van der Waals surface area contributed by atoms with Crippen LogP contribution in [0.4, 0.5) is 11.4 Å². The zero-order valence-electron chi connectivity index (χ0n) is 11.5. The van der Waals surface area contributed by atoms with Crippen molar-refractivity contribution in [2.75, 3.05) is 0 Å². The Morgan fingerprint density at radius 2 is 1.62 bits per heavy atom. The smallest absolute Gasteiger partial charge is 0.295 e. The van der Waals surface area contributed by atoms with E-state index in [9.17, 15) is 25.0 Å². The van der Waals surface area contributed by atoms with Crippen molar-refractivity contribution in [2.45, 2.75) is 32.7 Å². The lowest BCUT2D eigenvalue weighted by atomic mass is 10.1. The number of nitro groups is 2. The molecule has 1 amide bonds. The summed E-state index contributed by atoms with van der Waals surface area (Å²) in [7, 11) is 0. The second-order valence-electron chi connectivity index (χ2n) is 4.33. The highest BCUT2D eigenvalue weighted by atomic mass is 35.5. The van der Waals surface area contributed by atoms with Gasteiger partial charge in [-0.05, 0) is 12.8 Å². The minimum absolute atomic E-state index is 0.105. The van der Waals surface area contributed by atoms with Crippen LogP contribution in [0.25, 0.3) is 0 Å². The Balaban J connectivity index is 3.27. The van der Waals surface area contributed by atoms with Gasteiger partial charge < -0.3 is 5.32 Å². The molecular formula is C12H14ClN3O5. The number of carbonyl (C=O) groups excluding carboxylic acids is 1. The van der Waals surface area contributed by atoms with Gasteiger partial charge in [-0.2, -0.15) is 0 Å². The molecule has 0 bridgehead atoms. The molecule has 1 aromatic rings. The molecule has 9 heteroatoms. The molecule has 0 aromatic heterocycles. The van der Waals surface area contributed by atoms with Crippen LogP contribution < -0.4 is 5.32 Å². The van der Waals surface area contributed by atoms with E-state index in [1.807, 2.05) is 13.8 Å². The molecule has 0 saturated carbocycles. The number of benzene rings is 1. The number of carbonyl (C=O) groups is 1. The maximum Gasteiger partial charge on any atom is 0.295 e. The Hall–Kier alpha value is -2.22. The van der Waals surface area contributed by atoms with Gasteiger partial charge in [-0.25, -0.2) is 0 Å². The molecule has 0 unspecified atom stereocenters. The summed E-state index contributed by atoms with van der Waals surface area (Å²) in [6, 6.07) is 1.77. The Morgan fingerprint density at radius 3 is 1.95 bits per heavy atom. The molecule has 1 aromatic carbocycles. The van der Waals surface area contributed by atoms with Crippen LogP contribution in [0.3, 0.4) is 0 Å². The van der Waals surface area contributed by atoms with Crippen LogP contribution in [0.2, 0.25) is 5.02 Å². The Bertz CT molecular complexity index is 551. The summed E-state index contributed by atoms with van der Waals surface area (Å²) in [5.41, 5.74) is -1.49. The first-order valence-corrected chi connectivity index (χ1v) is 6.62.